The van der Waals surface area contributed by atoms with Gasteiger partial charge in [-0.15, -0.1) is 12.4 Å². The fourth-order valence-electron chi connectivity index (χ4n) is 3.25. The molecule has 20 heavy (non-hydrogen) atoms. The number of hydrogen-bond acceptors (Lipinski definition) is 2. The summed E-state index contributed by atoms with van der Waals surface area (Å²) in [4.78, 5) is 18.9. The summed E-state index contributed by atoms with van der Waals surface area (Å²) in [6, 6.07) is 12.3. The van der Waals surface area contributed by atoms with E-state index in [0.717, 1.165) is 30.6 Å². The first-order valence-electron chi connectivity index (χ1n) is 6.67. The molecule has 0 fully saturated rings. The van der Waals surface area contributed by atoms with Crippen molar-refractivity contribution >= 4 is 18.3 Å². The Morgan fingerprint density at radius 3 is 2.90 bits per heavy atom. The summed E-state index contributed by atoms with van der Waals surface area (Å²) >= 11 is 0. The molecule has 0 saturated carbocycles. The monoisotopic (exact) mass is 286 g/mol. The molecule has 4 rings (SSSR count). The van der Waals surface area contributed by atoms with Gasteiger partial charge in [0, 0.05) is 19.2 Å². The molecule has 3 nitrogen and oxygen atoms in total. The minimum absolute atomic E-state index is 0. The molecule has 0 aliphatic carbocycles. The SMILES string of the molecule is Cl.O=C1c2cccnc2CC2c3ccccc3CCN12. The highest BCUT2D eigenvalue weighted by Crippen LogP contribution is 2.36. The summed E-state index contributed by atoms with van der Waals surface area (Å²) in [6.45, 7) is 0.814. The number of aromatic nitrogens is 1. The zero-order valence-electron chi connectivity index (χ0n) is 11.0. The Morgan fingerprint density at radius 1 is 1.15 bits per heavy atom. The number of carbonyl (C=O) groups excluding carboxylic acids is 1. The van der Waals surface area contributed by atoms with Crippen LogP contribution in [-0.2, 0) is 12.8 Å². The molecule has 2 aliphatic rings. The lowest BCUT2D eigenvalue weighted by molar-refractivity contribution is 0.0629. The molecule has 102 valence electrons. The second-order valence-electron chi connectivity index (χ2n) is 5.16. The smallest absolute Gasteiger partial charge is 0.256 e. The Morgan fingerprint density at radius 2 is 2.00 bits per heavy atom. The van der Waals surface area contributed by atoms with E-state index in [1.165, 1.54) is 11.1 Å². The number of nitrogens with zero attached hydrogens (tertiary/aromatic N) is 2. The highest BCUT2D eigenvalue weighted by molar-refractivity contribution is 5.96. The molecule has 0 radical (unpaired) electrons. The van der Waals surface area contributed by atoms with Crippen molar-refractivity contribution in [2.24, 2.45) is 0 Å². The summed E-state index contributed by atoms with van der Waals surface area (Å²) < 4.78 is 0. The first-order valence-corrected chi connectivity index (χ1v) is 6.67. The largest absolute Gasteiger partial charge is 0.331 e. The van der Waals surface area contributed by atoms with Crippen LogP contribution in [0.2, 0.25) is 0 Å². The van der Waals surface area contributed by atoms with Crippen LogP contribution in [0.4, 0.5) is 0 Å². The topological polar surface area (TPSA) is 33.2 Å². The summed E-state index contributed by atoms with van der Waals surface area (Å²) in [5, 5.41) is 0. The van der Waals surface area contributed by atoms with Gasteiger partial charge in [-0.25, -0.2) is 0 Å². The lowest BCUT2D eigenvalue weighted by Gasteiger charge is -2.40. The molecule has 2 aromatic rings. The van der Waals surface area contributed by atoms with E-state index in [9.17, 15) is 4.79 Å². The maximum atomic E-state index is 12.5. The van der Waals surface area contributed by atoms with Crippen molar-refractivity contribution in [1.29, 1.82) is 0 Å². The Labute approximate surface area is 124 Å². The van der Waals surface area contributed by atoms with Crippen LogP contribution < -0.4 is 0 Å². The van der Waals surface area contributed by atoms with Gasteiger partial charge in [-0.05, 0) is 29.7 Å². The molecule has 1 unspecified atom stereocenters. The van der Waals surface area contributed by atoms with Crippen LogP contribution in [0, 0.1) is 0 Å². The number of pyridine rings is 1. The number of amides is 1. The molecule has 0 saturated heterocycles. The fourth-order valence-corrected chi connectivity index (χ4v) is 3.25. The average Bonchev–Trinajstić information content (AvgIpc) is 2.47. The minimum atomic E-state index is 0. The van der Waals surface area contributed by atoms with E-state index in [0.29, 0.717) is 0 Å². The van der Waals surface area contributed by atoms with Crippen LogP contribution in [-0.4, -0.2) is 22.3 Å². The molecule has 3 heterocycles. The number of fused-ring (bicyclic) bond motifs is 4. The number of carbonyl (C=O) groups is 1. The minimum Gasteiger partial charge on any atom is -0.331 e. The normalized spacial score (nSPS) is 19.5. The molecule has 0 spiro atoms. The molecule has 1 aromatic carbocycles. The van der Waals surface area contributed by atoms with Gasteiger partial charge < -0.3 is 4.90 Å². The third-order valence-electron chi connectivity index (χ3n) is 4.18. The van der Waals surface area contributed by atoms with E-state index in [-0.39, 0.29) is 24.4 Å². The summed E-state index contributed by atoms with van der Waals surface area (Å²) in [7, 11) is 0. The van der Waals surface area contributed by atoms with E-state index >= 15 is 0 Å². The van der Waals surface area contributed by atoms with Crippen molar-refractivity contribution in [3.05, 3.63) is 65.0 Å². The summed E-state index contributed by atoms with van der Waals surface area (Å²) in [6.07, 6.45) is 3.56. The Hall–Kier alpha value is -1.87. The van der Waals surface area contributed by atoms with Crippen LogP contribution in [0.1, 0.15) is 33.2 Å². The third-order valence-corrected chi connectivity index (χ3v) is 4.18. The van der Waals surface area contributed by atoms with Crippen molar-refractivity contribution in [3.8, 4) is 0 Å². The van der Waals surface area contributed by atoms with Crippen molar-refractivity contribution in [2.75, 3.05) is 6.54 Å². The zero-order chi connectivity index (χ0) is 12.8. The van der Waals surface area contributed by atoms with E-state index in [1.54, 1.807) is 6.20 Å². The first-order chi connectivity index (χ1) is 9.34. The molecule has 1 atom stereocenters. The molecule has 0 bridgehead atoms. The second kappa shape index (κ2) is 4.91. The van der Waals surface area contributed by atoms with Crippen LogP contribution in [0.3, 0.4) is 0 Å². The third kappa shape index (κ3) is 1.81. The first kappa shape index (κ1) is 13.1. The van der Waals surface area contributed by atoms with Crippen LogP contribution in [0.5, 0.6) is 0 Å². The second-order valence-corrected chi connectivity index (χ2v) is 5.16. The van der Waals surface area contributed by atoms with Crippen molar-refractivity contribution in [3.63, 3.8) is 0 Å². The lowest BCUT2D eigenvalue weighted by atomic mass is 9.86. The van der Waals surface area contributed by atoms with Gasteiger partial charge in [0.15, 0.2) is 0 Å². The fraction of sp³-hybridized carbons (Fsp3) is 0.250. The molecule has 0 N–H and O–H groups in total. The highest BCUT2D eigenvalue weighted by atomic mass is 35.5. The number of rotatable bonds is 0. The Bertz CT molecular complexity index is 671. The van der Waals surface area contributed by atoms with Gasteiger partial charge >= 0.3 is 0 Å². The Balaban J connectivity index is 0.00000121. The molecule has 1 aromatic heterocycles. The Kier molecular flexibility index (Phi) is 3.22. The predicted octanol–water partition coefficient (Wildman–Crippen LogP) is 2.80. The van der Waals surface area contributed by atoms with Gasteiger partial charge in [-0.1, -0.05) is 24.3 Å². The van der Waals surface area contributed by atoms with Crippen molar-refractivity contribution in [1.82, 2.24) is 9.88 Å². The number of halogens is 1. The van der Waals surface area contributed by atoms with Gasteiger partial charge in [-0.3, -0.25) is 9.78 Å². The molecule has 1 amide bonds. The van der Waals surface area contributed by atoms with Crippen molar-refractivity contribution < 1.29 is 4.79 Å². The predicted molar refractivity (Wildman–Crippen MR) is 79.1 cm³/mol. The highest BCUT2D eigenvalue weighted by Gasteiger charge is 2.36. The summed E-state index contributed by atoms with van der Waals surface area (Å²) in [5.41, 5.74) is 4.37. The van der Waals surface area contributed by atoms with E-state index in [1.807, 2.05) is 17.0 Å². The van der Waals surface area contributed by atoms with Gasteiger partial charge in [0.25, 0.3) is 5.91 Å². The van der Waals surface area contributed by atoms with Crippen LogP contribution >= 0.6 is 12.4 Å². The lowest BCUT2D eigenvalue weighted by Crippen LogP contribution is -2.44. The number of hydrogen-bond donors (Lipinski definition) is 0. The van der Waals surface area contributed by atoms with Gasteiger partial charge in [0.05, 0.1) is 17.3 Å². The van der Waals surface area contributed by atoms with Crippen molar-refractivity contribution in [2.45, 2.75) is 18.9 Å². The van der Waals surface area contributed by atoms with E-state index < -0.39 is 0 Å². The van der Waals surface area contributed by atoms with E-state index in [4.69, 9.17) is 0 Å². The average molecular weight is 287 g/mol. The molecule has 4 heteroatoms. The molecular weight excluding hydrogens is 272 g/mol. The van der Waals surface area contributed by atoms with Gasteiger partial charge in [-0.2, -0.15) is 0 Å². The van der Waals surface area contributed by atoms with E-state index in [2.05, 4.69) is 29.2 Å². The van der Waals surface area contributed by atoms with Gasteiger partial charge in [0.2, 0.25) is 0 Å². The maximum absolute atomic E-state index is 12.5. The maximum Gasteiger partial charge on any atom is 0.256 e. The van der Waals surface area contributed by atoms with Crippen LogP contribution in [0.25, 0.3) is 0 Å². The zero-order valence-corrected chi connectivity index (χ0v) is 11.8. The quantitative estimate of drug-likeness (QED) is 0.746. The van der Waals surface area contributed by atoms with Crippen LogP contribution in [0.15, 0.2) is 42.6 Å². The summed E-state index contributed by atoms with van der Waals surface area (Å²) in [5.74, 6) is 0.133. The van der Waals surface area contributed by atoms with Gasteiger partial charge in [0.1, 0.15) is 0 Å². The standard InChI is InChI=1S/C16H14N2O.ClH/c19-16-13-6-3-8-17-14(13)10-15-12-5-2-1-4-11(12)7-9-18(15)16;/h1-6,8,15H,7,9-10H2;1H. The molecular formula is C16H15ClN2O. The number of benzene rings is 1. The molecule has 2 aliphatic heterocycles.